The Morgan fingerprint density at radius 2 is 1.89 bits per heavy atom. The number of hydrogen-bond donors (Lipinski definition) is 0. The van der Waals surface area contributed by atoms with Crippen LogP contribution in [0.3, 0.4) is 0 Å². The second kappa shape index (κ2) is 5.20. The minimum atomic E-state index is -0.602. The van der Waals surface area contributed by atoms with Gasteiger partial charge in [-0.15, -0.1) is 0 Å². The standard InChI is InChI=1S/C14H11BrCl2O/c1-9(18)13-7-6-12(17)8-14(13,15)10-2-4-11(16)5-3-10/h2-8,13H,1H3. The zero-order chi connectivity index (χ0) is 13.3. The summed E-state index contributed by atoms with van der Waals surface area (Å²) in [5.74, 6) is -0.195. The molecular weight excluding hydrogens is 335 g/mol. The van der Waals surface area contributed by atoms with Gasteiger partial charge in [0.2, 0.25) is 0 Å². The van der Waals surface area contributed by atoms with Gasteiger partial charge in [-0.2, -0.15) is 0 Å². The first-order valence-electron chi connectivity index (χ1n) is 5.45. The molecule has 0 bridgehead atoms. The molecule has 1 aromatic rings. The average molecular weight is 346 g/mol. The van der Waals surface area contributed by atoms with E-state index in [1.807, 2.05) is 24.3 Å². The van der Waals surface area contributed by atoms with Gasteiger partial charge < -0.3 is 0 Å². The van der Waals surface area contributed by atoms with Crippen molar-refractivity contribution in [1.29, 1.82) is 0 Å². The lowest BCUT2D eigenvalue weighted by Crippen LogP contribution is -2.32. The molecule has 2 unspecified atom stereocenters. The van der Waals surface area contributed by atoms with Crippen LogP contribution in [0.25, 0.3) is 0 Å². The van der Waals surface area contributed by atoms with Gasteiger partial charge >= 0.3 is 0 Å². The first kappa shape index (κ1) is 13.9. The highest BCUT2D eigenvalue weighted by Crippen LogP contribution is 2.45. The topological polar surface area (TPSA) is 17.1 Å². The molecule has 94 valence electrons. The van der Waals surface area contributed by atoms with E-state index in [2.05, 4.69) is 15.9 Å². The van der Waals surface area contributed by atoms with Gasteiger partial charge in [0, 0.05) is 10.1 Å². The fourth-order valence-electron chi connectivity index (χ4n) is 2.07. The molecule has 0 saturated heterocycles. The van der Waals surface area contributed by atoms with Crippen LogP contribution in [0, 0.1) is 5.92 Å². The van der Waals surface area contributed by atoms with Gasteiger partial charge in [0.05, 0.1) is 10.2 Å². The monoisotopic (exact) mass is 344 g/mol. The molecule has 2 atom stereocenters. The summed E-state index contributed by atoms with van der Waals surface area (Å²) < 4.78 is -0.602. The molecule has 1 nitrogen and oxygen atoms in total. The Bertz CT molecular complexity index is 533. The smallest absolute Gasteiger partial charge is 0.138 e. The Balaban J connectivity index is 2.52. The van der Waals surface area contributed by atoms with Gasteiger partial charge in [-0.1, -0.05) is 57.3 Å². The molecule has 0 heterocycles. The minimum absolute atomic E-state index is 0.0819. The Kier molecular flexibility index (Phi) is 4.00. The van der Waals surface area contributed by atoms with Crippen molar-refractivity contribution < 1.29 is 4.79 Å². The maximum Gasteiger partial charge on any atom is 0.138 e. The predicted octanol–water partition coefficient (Wildman–Crippen LogP) is 4.83. The van der Waals surface area contributed by atoms with Crippen LogP contribution in [-0.4, -0.2) is 5.78 Å². The van der Waals surface area contributed by atoms with Gasteiger partial charge in [-0.3, -0.25) is 4.79 Å². The molecule has 1 aliphatic carbocycles. The first-order chi connectivity index (χ1) is 8.43. The summed E-state index contributed by atoms with van der Waals surface area (Å²) in [6, 6.07) is 7.40. The molecule has 0 amide bonds. The third-order valence-corrected chi connectivity index (χ3v) is 4.64. The van der Waals surface area contributed by atoms with Crippen molar-refractivity contribution in [2.24, 2.45) is 5.92 Å². The van der Waals surface area contributed by atoms with Crippen molar-refractivity contribution in [3.05, 3.63) is 58.1 Å². The van der Waals surface area contributed by atoms with Gasteiger partial charge in [0.25, 0.3) is 0 Å². The SMILES string of the molecule is CC(=O)C1C=CC(Cl)=CC1(Br)c1ccc(Cl)cc1. The lowest BCUT2D eigenvalue weighted by atomic mass is 9.80. The number of Topliss-reactive ketones (excluding diaryl/α,β-unsaturated/α-hetero) is 1. The van der Waals surface area contributed by atoms with E-state index >= 15 is 0 Å². The normalized spacial score (nSPS) is 26.9. The van der Waals surface area contributed by atoms with Crippen LogP contribution in [0.5, 0.6) is 0 Å². The van der Waals surface area contributed by atoms with Crippen LogP contribution in [0.2, 0.25) is 5.02 Å². The zero-order valence-corrected chi connectivity index (χ0v) is 12.8. The lowest BCUT2D eigenvalue weighted by molar-refractivity contribution is -0.119. The Morgan fingerprint density at radius 1 is 1.28 bits per heavy atom. The van der Waals surface area contributed by atoms with Crippen LogP contribution in [0.1, 0.15) is 12.5 Å². The van der Waals surface area contributed by atoms with E-state index in [1.54, 1.807) is 25.1 Å². The fraction of sp³-hybridized carbons (Fsp3) is 0.214. The molecule has 18 heavy (non-hydrogen) atoms. The van der Waals surface area contributed by atoms with Crippen LogP contribution < -0.4 is 0 Å². The third-order valence-electron chi connectivity index (χ3n) is 2.97. The van der Waals surface area contributed by atoms with Gasteiger partial charge in [-0.25, -0.2) is 0 Å². The number of hydrogen-bond acceptors (Lipinski definition) is 1. The average Bonchev–Trinajstić information content (AvgIpc) is 2.28. The highest BCUT2D eigenvalue weighted by molar-refractivity contribution is 9.09. The largest absolute Gasteiger partial charge is 0.299 e. The molecule has 1 aliphatic rings. The number of alkyl halides is 1. The van der Waals surface area contributed by atoms with E-state index in [4.69, 9.17) is 23.2 Å². The molecule has 0 spiro atoms. The molecule has 1 aromatic carbocycles. The maximum atomic E-state index is 11.8. The van der Waals surface area contributed by atoms with E-state index in [0.717, 1.165) is 5.56 Å². The Morgan fingerprint density at radius 3 is 2.44 bits per heavy atom. The number of ketones is 1. The number of carbonyl (C=O) groups excluding carboxylic acids is 1. The first-order valence-corrected chi connectivity index (χ1v) is 7.00. The van der Waals surface area contributed by atoms with Crippen molar-refractivity contribution in [2.45, 2.75) is 11.2 Å². The number of halogens is 3. The summed E-state index contributed by atoms with van der Waals surface area (Å²) >= 11 is 15.6. The zero-order valence-electron chi connectivity index (χ0n) is 9.66. The molecule has 0 N–H and O–H groups in total. The molecule has 4 heteroatoms. The van der Waals surface area contributed by atoms with E-state index in [-0.39, 0.29) is 11.7 Å². The lowest BCUT2D eigenvalue weighted by Gasteiger charge is -2.33. The highest BCUT2D eigenvalue weighted by Gasteiger charge is 2.39. The van der Waals surface area contributed by atoms with Crippen molar-refractivity contribution in [1.82, 2.24) is 0 Å². The summed E-state index contributed by atoms with van der Waals surface area (Å²) in [4.78, 5) is 11.8. The second-order valence-corrected chi connectivity index (χ2v) is 6.44. The quantitative estimate of drug-likeness (QED) is 0.702. The third kappa shape index (κ3) is 2.56. The number of carbonyl (C=O) groups is 1. The Hall–Kier alpha value is -0.570. The van der Waals surface area contributed by atoms with Crippen molar-refractivity contribution in [2.75, 3.05) is 0 Å². The van der Waals surface area contributed by atoms with Crippen molar-refractivity contribution >= 4 is 44.9 Å². The van der Waals surface area contributed by atoms with Gasteiger partial charge in [0.15, 0.2) is 0 Å². The summed E-state index contributed by atoms with van der Waals surface area (Å²) in [6.07, 6.45) is 5.43. The van der Waals surface area contributed by atoms with Crippen LogP contribution in [0.4, 0.5) is 0 Å². The number of benzene rings is 1. The van der Waals surface area contributed by atoms with Gasteiger partial charge in [-0.05, 0) is 36.8 Å². The summed E-state index contributed by atoms with van der Waals surface area (Å²) in [7, 11) is 0. The molecule has 0 radical (unpaired) electrons. The molecule has 0 aromatic heterocycles. The second-order valence-electron chi connectivity index (χ2n) is 4.25. The molecule has 2 rings (SSSR count). The molecular formula is C14H11BrCl2O. The van der Waals surface area contributed by atoms with Crippen LogP contribution in [-0.2, 0) is 9.12 Å². The molecule has 0 saturated carbocycles. The van der Waals surface area contributed by atoms with Crippen LogP contribution >= 0.6 is 39.1 Å². The summed E-state index contributed by atoms with van der Waals surface area (Å²) in [5, 5.41) is 1.27. The van der Waals surface area contributed by atoms with E-state index in [1.165, 1.54) is 0 Å². The number of rotatable bonds is 2. The van der Waals surface area contributed by atoms with Crippen molar-refractivity contribution in [3.63, 3.8) is 0 Å². The summed E-state index contributed by atoms with van der Waals surface area (Å²) in [5.41, 5.74) is 0.953. The van der Waals surface area contributed by atoms with E-state index in [0.29, 0.717) is 10.1 Å². The predicted molar refractivity (Wildman–Crippen MR) is 79.3 cm³/mol. The number of allylic oxidation sites excluding steroid dienone is 4. The van der Waals surface area contributed by atoms with Crippen LogP contribution in [0.15, 0.2) is 47.5 Å². The molecule has 0 fully saturated rings. The fourth-order valence-corrected chi connectivity index (χ4v) is 3.55. The van der Waals surface area contributed by atoms with E-state index < -0.39 is 4.32 Å². The van der Waals surface area contributed by atoms with Gasteiger partial charge in [0.1, 0.15) is 5.78 Å². The highest BCUT2D eigenvalue weighted by atomic mass is 79.9. The van der Waals surface area contributed by atoms with Crippen molar-refractivity contribution in [3.8, 4) is 0 Å². The maximum absolute atomic E-state index is 11.8. The van der Waals surface area contributed by atoms with E-state index in [9.17, 15) is 4.79 Å². The molecule has 0 aliphatic heterocycles. The minimum Gasteiger partial charge on any atom is -0.299 e. The summed E-state index contributed by atoms with van der Waals surface area (Å²) in [6.45, 7) is 1.58. The Labute approximate surface area is 125 Å².